The zero-order valence-electron chi connectivity index (χ0n) is 15.6. The fraction of sp³-hybridized carbons (Fsp3) is 0.421. The first kappa shape index (κ1) is 19.3. The van der Waals surface area contributed by atoms with Crippen LogP contribution in [0.15, 0.2) is 21.3 Å². The van der Waals surface area contributed by atoms with Crippen LogP contribution >= 0.6 is 11.3 Å². The Morgan fingerprint density at radius 1 is 1.11 bits per heavy atom. The molecule has 8 heteroatoms. The highest BCUT2D eigenvalue weighted by Gasteiger charge is 2.26. The van der Waals surface area contributed by atoms with Gasteiger partial charge in [0, 0.05) is 43.7 Å². The number of carbonyl (C=O) groups is 2. The van der Waals surface area contributed by atoms with Crippen molar-refractivity contribution in [2.75, 3.05) is 26.2 Å². The number of carboxylic acid groups (broad SMARTS) is 1. The summed E-state index contributed by atoms with van der Waals surface area (Å²) in [6.45, 7) is 8.44. The van der Waals surface area contributed by atoms with Gasteiger partial charge < -0.3 is 14.4 Å². The summed E-state index contributed by atoms with van der Waals surface area (Å²) >= 11 is 1.31. The van der Waals surface area contributed by atoms with Crippen molar-refractivity contribution in [3.05, 3.63) is 54.8 Å². The van der Waals surface area contributed by atoms with Crippen LogP contribution in [-0.4, -0.2) is 53.0 Å². The number of nitrogens with zero attached hydrogens (tertiary/aromatic N) is 2. The predicted molar refractivity (Wildman–Crippen MR) is 102 cm³/mol. The van der Waals surface area contributed by atoms with Crippen LogP contribution in [0, 0.1) is 20.8 Å². The molecule has 0 saturated carbocycles. The monoisotopic (exact) mass is 390 g/mol. The number of piperazine rings is 1. The maximum absolute atomic E-state index is 12.8. The smallest absolute Gasteiger partial charge is 0.346 e. The highest BCUT2D eigenvalue weighted by molar-refractivity contribution is 7.14. The first-order valence-corrected chi connectivity index (χ1v) is 9.53. The van der Waals surface area contributed by atoms with Gasteiger partial charge in [0.25, 0.3) is 5.91 Å². The van der Waals surface area contributed by atoms with Gasteiger partial charge in [-0.15, -0.1) is 11.3 Å². The standard InChI is InChI=1S/C19H22N2O5S/c1-11-9-15(22)26-13(3)16(11)18(23)21-6-4-20(5-7-21)10-14-8-12(2)17(27-14)19(24)25/h8-9H,4-7,10H2,1-3H3,(H,24,25). The van der Waals surface area contributed by atoms with E-state index in [4.69, 9.17) is 4.42 Å². The van der Waals surface area contributed by atoms with Gasteiger partial charge in [0.15, 0.2) is 0 Å². The summed E-state index contributed by atoms with van der Waals surface area (Å²) in [5, 5.41) is 9.18. The molecule has 0 atom stereocenters. The van der Waals surface area contributed by atoms with Gasteiger partial charge in [-0.2, -0.15) is 0 Å². The maximum atomic E-state index is 12.8. The molecule has 1 fully saturated rings. The third-order valence-electron chi connectivity index (χ3n) is 4.75. The average Bonchev–Trinajstić information content (AvgIpc) is 2.95. The summed E-state index contributed by atoms with van der Waals surface area (Å²) in [4.78, 5) is 40.8. The minimum absolute atomic E-state index is 0.117. The minimum Gasteiger partial charge on any atom is -0.477 e. The Morgan fingerprint density at radius 3 is 2.33 bits per heavy atom. The van der Waals surface area contributed by atoms with E-state index >= 15 is 0 Å². The van der Waals surface area contributed by atoms with E-state index in [1.165, 1.54) is 17.4 Å². The zero-order chi connectivity index (χ0) is 19.7. The second-order valence-corrected chi connectivity index (χ2v) is 7.91. The number of rotatable bonds is 4. The second-order valence-electron chi connectivity index (χ2n) is 6.78. The lowest BCUT2D eigenvalue weighted by Gasteiger charge is -2.34. The van der Waals surface area contributed by atoms with Gasteiger partial charge in [-0.25, -0.2) is 9.59 Å². The summed E-state index contributed by atoms with van der Waals surface area (Å²) in [6, 6.07) is 3.26. The fourth-order valence-corrected chi connectivity index (χ4v) is 4.46. The fourth-order valence-electron chi connectivity index (χ4n) is 3.40. The van der Waals surface area contributed by atoms with Crippen LogP contribution in [0.5, 0.6) is 0 Å². The molecule has 0 spiro atoms. The van der Waals surface area contributed by atoms with E-state index in [1.807, 2.05) is 13.0 Å². The van der Waals surface area contributed by atoms with Crippen molar-refractivity contribution in [2.45, 2.75) is 27.3 Å². The highest BCUT2D eigenvalue weighted by atomic mass is 32.1. The van der Waals surface area contributed by atoms with E-state index in [2.05, 4.69) is 4.90 Å². The lowest BCUT2D eigenvalue weighted by Crippen LogP contribution is -2.48. The Morgan fingerprint density at radius 2 is 1.78 bits per heavy atom. The lowest BCUT2D eigenvalue weighted by molar-refractivity contribution is 0.0623. The number of hydrogen-bond acceptors (Lipinski definition) is 6. The van der Waals surface area contributed by atoms with Gasteiger partial charge in [-0.3, -0.25) is 9.69 Å². The van der Waals surface area contributed by atoms with E-state index in [9.17, 15) is 19.5 Å². The molecular weight excluding hydrogens is 368 g/mol. The van der Waals surface area contributed by atoms with Crippen LogP contribution in [0.1, 0.15) is 41.8 Å². The van der Waals surface area contributed by atoms with Crippen molar-refractivity contribution in [2.24, 2.45) is 0 Å². The molecule has 0 aliphatic carbocycles. The molecule has 1 amide bonds. The van der Waals surface area contributed by atoms with Gasteiger partial charge in [0.05, 0.1) is 5.56 Å². The van der Waals surface area contributed by atoms with Crippen molar-refractivity contribution in [3.63, 3.8) is 0 Å². The van der Waals surface area contributed by atoms with E-state index in [0.29, 0.717) is 54.5 Å². The van der Waals surface area contributed by atoms with Gasteiger partial charge >= 0.3 is 11.6 Å². The molecule has 144 valence electrons. The Kier molecular flexibility index (Phi) is 5.48. The molecule has 1 N–H and O–H groups in total. The van der Waals surface area contributed by atoms with Crippen molar-refractivity contribution in [1.82, 2.24) is 9.80 Å². The molecule has 7 nitrogen and oxygen atoms in total. The average molecular weight is 390 g/mol. The van der Waals surface area contributed by atoms with Crippen molar-refractivity contribution in [3.8, 4) is 0 Å². The normalized spacial score (nSPS) is 15.1. The van der Waals surface area contributed by atoms with Crippen LogP contribution in [0.3, 0.4) is 0 Å². The number of thiophene rings is 1. The minimum atomic E-state index is -0.889. The van der Waals surface area contributed by atoms with Crippen LogP contribution in [0.25, 0.3) is 0 Å². The molecule has 0 radical (unpaired) electrons. The van der Waals surface area contributed by atoms with Crippen molar-refractivity contribution in [1.29, 1.82) is 0 Å². The topological polar surface area (TPSA) is 91.1 Å². The first-order valence-electron chi connectivity index (χ1n) is 8.72. The summed E-state index contributed by atoms with van der Waals surface area (Å²) in [5.41, 5.74) is 1.43. The number of hydrogen-bond donors (Lipinski definition) is 1. The third kappa shape index (κ3) is 4.12. The molecule has 1 saturated heterocycles. The Hall–Kier alpha value is -2.45. The number of aromatic carboxylic acids is 1. The van der Waals surface area contributed by atoms with Crippen LogP contribution in [0.4, 0.5) is 0 Å². The van der Waals surface area contributed by atoms with Crippen LogP contribution < -0.4 is 5.63 Å². The molecule has 0 unspecified atom stereocenters. The molecule has 2 aromatic heterocycles. The molecule has 0 aromatic carbocycles. The van der Waals surface area contributed by atoms with Crippen LogP contribution in [-0.2, 0) is 6.54 Å². The molecule has 1 aliphatic rings. The maximum Gasteiger partial charge on any atom is 0.346 e. The second kappa shape index (κ2) is 7.66. The Balaban J connectivity index is 1.64. The van der Waals surface area contributed by atoms with E-state index < -0.39 is 11.6 Å². The van der Waals surface area contributed by atoms with Gasteiger partial charge in [0.1, 0.15) is 10.6 Å². The summed E-state index contributed by atoms with van der Waals surface area (Å²) in [7, 11) is 0. The number of amides is 1. The van der Waals surface area contributed by atoms with E-state index in [0.717, 1.165) is 10.4 Å². The highest BCUT2D eigenvalue weighted by Crippen LogP contribution is 2.24. The molecule has 27 heavy (non-hydrogen) atoms. The van der Waals surface area contributed by atoms with Gasteiger partial charge in [-0.1, -0.05) is 0 Å². The SMILES string of the molecule is Cc1cc(CN2CCN(C(=O)c3c(C)cc(=O)oc3C)CC2)sc1C(=O)O. The third-order valence-corrected chi connectivity index (χ3v) is 5.96. The Labute approximate surface area is 160 Å². The first-order chi connectivity index (χ1) is 12.8. The summed E-state index contributed by atoms with van der Waals surface area (Å²) in [6.07, 6.45) is 0. The van der Waals surface area contributed by atoms with Gasteiger partial charge in [-0.05, 0) is 38.0 Å². The molecule has 1 aliphatic heterocycles. The quantitative estimate of drug-likeness (QED) is 0.861. The molecular formula is C19H22N2O5S. The lowest BCUT2D eigenvalue weighted by atomic mass is 10.1. The van der Waals surface area contributed by atoms with Crippen LogP contribution in [0.2, 0.25) is 0 Å². The summed E-state index contributed by atoms with van der Waals surface area (Å²) < 4.78 is 5.07. The zero-order valence-corrected chi connectivity index (χ0v) is 16.4. The molecule has 0 bridgehead atoms. The number of carboxylic acids is 1. The Bertz CT molecular complexity index is 912. The predicted octanol–water partition coefficient (Wildman–Crippen LogP) is 2.28. The van der Waals surface area contributed by atoms with E-state index in [-0.39, 0.29) is 5.91 Å². The van der Waals surface area contributed by atoms with E-state index in [1.54, 1.807) is 18.7 Å². The largest absolute Gasteiger partial charge is 0.477 e. The summed E-state index contributed by atoms with van der Waals surface area (Å²) in [5.74, 6) is -0.657. The molecule has 3 heterocycles. The van der Waals surface area contributed by atoms with Gasteiger partial charge in [0.2, 0.25) is 0 Å². The number of aryl methyl sites for hydroxylation is 3. The molecule has 3 rings (SSSR count). The van der Waals surface area contributed by atoms with Crippen molar-refractivity contribution >= 4 is 23.2 Å². The van der Waals surface area contributed by atoms with Crippen molar-refractivity contribution < 1.29 is 19.1 Å². The number of carbonyl (C=O) groups excluding carboxylic acids is 1. The molecule has 2 aromatic rings.